The number of carbonyl (C=O) groups is 1. The third-order valence-electron chi connectivity index (χ3n) is 4.24. The smallest absolute Gasteiger partial charge is 0.224 e. The summed E-state index contributed by atoms with van der Waals surface area (Å²) in [5, 5.41) is 6.40. The molecule has 0 saturated carbocycles. The predicted octanol–water partition coefficient (Wildman–Crippen LogP) is 0.775. The summed E-state index contributed by atoms with van der Waals surface area (Å²) in [4.78, 5) is 12.1. The van der Waals surface area contributed by atoms with Gasteiger partial charge in [0.15, 0.2) is 0 Å². The van der Waals surface area contributed by atoms with Crippen LogP contribution in [-0.4, -0.2) is 38.8 Å². The van der Waals surface area contributed by atoms with E-state index in [0.717, 1.165) is 45.7 Å². The summed E-state index contributed by atoms with van der Waals surface area (Å²) in [6, 6.07) is 0. The Hall–Kier alpha value is -0.610. The molecule has 2 saturated heterocycles. The summed E-state index contributed by atoms with van der Waals surface area (Å²) < 4.78 is 5.37. The minimum atomic E-state index is 0.151. The van der Waals surface area contributed by atoms with Gasteiger partial charge in [-0.25, -0.2) is 0 Å². The molecule has 4 nitrogen and oxygen atoms in total. The van der Waals surface area contributed by atoms with Gasteiger partial charge in [-0.2, -0.15) is 0 Å². The van der Waals surface area contributed by atoms with E-state index in [2.05, 4.69) is 24.5 Å². The van der Waals surface area contributed by atoms with E-state index < -0.39 is 0 Å². The zero-order valence-corrected chi connectivity index (χ0v) is 10.9. The maximum absolute atomic E-state index is 12.1. The molecule has 2 rings (SSSR count). The van der Waals surface area contributed by atoms with Gasteiger partial charge in [0.2, 0.25) is 5.91 Å². The first-order chi connectivity index (χ1) is 8.11. The Labute approximate surface area is 103 Å². The highest BCUT2D eigenvalue weighted by molar-refractivity contribution is 5.79. The highest BCUT2D eigenvalue weighted by Gasteiger charge is 2.32. The normalized spacial score (nSPS) is 32.4. The van der Waals surface area contributed by atoms with Gasteiger partial charge in [0, 0.05) is 26.3 Å². The summed E-state index contributed by atoms with van der Waals surface area (Å²) in [6.45, 7) is 8.61. The van der Waals surface area contributed by atoms with E-state index in [1.54, 1.807) is 0 Å². The molecular formula is C13H24N2O2. The van der Waals surface area contributed by atoms with Crippen molar-refractivity contribution in [2.75, 3.05) is 32.8 Å². The quantitative estimate of drug-likeness (QED) is 0.766. The van der Waals surface area contributed by atoms with Crippen LogP contribution in [0.15, 0.2) is 0 Å². The summed E-state index contributed by atoms with van der Waals surface area (Å²) in [6.07, 6.45) is 2.09. The molecule has 17 heavy (non-hydrogen) atoms. The van der Waals surface area contributed by atoms with Crippen molar-refractivity contribution < 1.29 is 9.53 Å². The van der Waals surface area contributed by atoms with Crippen LogP contribution < -0.4 is 10.6 Å². The predicted molar refractivity (Wildman–Crippen MR) is 66.7 cm³/mol. The molecule has 0 aromatic carbocycles. The zero-order valence-electron chi connectivity index (χ0n) is 10.9. The van der Waals surface area contributed by atoms with Gasteiger partial charge in [-0.3, -0.25) is 4.79 Å². The topological polar surface area (TPSA) is 50.4 Å². The molecule has 2 atom stereocenters. The van der Waals surface area contributed by atoms with Gasteiger partial charge in [-0.15, -0.1) is 0 Å². The average Bonchev–Trinajstić information content (AvgIpc) is 2.74. The minimum absolute atomic E-state index is 0.151. The number of nitrogens with one attached hydrogen (secondary N) is 2. The summed E-state index contributed by atoms with van der Waals surface area (Å²) >= 11 is 0. The van der Waals surface area contributed by atoms with Crippen molar-refractivity contribution >= 4 is 5.91 Å². The van der Waals surface area contributed by atoms with E-state index in [9.17, 15) is 4.79 Å². The average molecular weight is 240 g/mol. The summed E-state index contributed by atoms with van der Waals surface area (Å²) in [7, 11) is 0. The second-order valence-electron chi connectivity index (χ2n) is 5.88. The molecule has 2 aliphatic heterocycles. The van der Waals surface area contributed by atoms with Crippen LogP contribution >= 0.6 is 0 Å². The Bertz CT molecular complexity index is 275. The SMILES string of the molecule is CC1CNCC1C(=O)NCC1(C)CCOCC1. The van der Waals surface area contributed by atoms with Crippen LogP contribution in [0.25, 0.3) is 0 Å². The minimum Gasteiger partial charge on any atom is -0.381 e. The molecule has 0 radical (unpaired) electrons. The van der Waals surface area contributed by atoms with Gasteiger partial charge in [-0.1, -0.05) is 13.8 Å². The molecule has 98 valence electrons. The van der Waals surface area contributed by atoms with Crippen LogP contribution in [0, 0.1) is 17.3 Å². The third kappa shape index (κ3) is 3.19. The van der Waals surface area contributed by atoms with Gasteiger partial charge >= 0.3 is 0 Å². The summed E-state index contributed by atoms with van der Waals surface area (Å²) in [5.74, 6) is 0.825. The van der Waals surface area contributed by atoms with Gasteiger partial charge in [0.25, 0.3) is 0 Å². The molecule has 2 aliphatic rings. The van der Waals surface area contributed by atoms with Crippen molar-refractivity contribution in [2.24, 2.45) is 17.3 Å². The monoisotopic (exact) mass is 240 g/mol. The van der Waals surface area contributed by atoms with Crippen LogP contribution in [0.5, 0.6) is 0 Å². The molecule has 1 amide bonds. The number of hydrogen-bond acceptors (Lipinski definition) is 3. The molecule has 4 heteroatoms. The second-order valence-corrected chi connectivity index (χ2v) is 5.88. The van der Waals surface area contributed by atoms with Crippen molar-refractivity contribution in [1.29, 1.82) is 0 Å². The molecule has 0 spiro atoms. The molecule has 2 fully saturated rings. The first kappa shape index (κ1) is 12.8. The molecule has 0 aromatic rings. The Kier molecular flexibility index (Phi) is 4.05. The van der Waals surface area contributed by atoms with E-state index in [4.69, 9.17) is 4.74 Å². The fourth-order valence-corrected chi connectivity index (χ4v) is 2.63. The van der Waals surface area contributed by atoms with Crippen LogP contribution in [0.1, 0.15) is 26.7 Å². The first-order valence-corrected chi connectivity index (χ1v) is 6.67. The van der Waals surface area contributed by atoms with Crippen molar-refractivity contribution in [2.45, 2.75) is 26.7 Å². The van der Waals surface area contributed by atoms with Crippen molar-refractivity contribution in [3.05, 3.63) is 0 Å². The van der Waals surface area contributed by atoms with Gasteiger partial charge in [0.1, 0.15) is 0 Å². The Morgan fingerprint density at radius 1 is 1.41 bits per heavy atom. The van der Waals surface area contributed by atoms with Crippen LogP contribution in [0.4, 0.5) is 0 Å². The fourth-order valence-electron chi connectivity index (χ4n) is 2.63. The van der Waals surface area contributed by atoms with Crippen molar-refractivity contribution in [3.8, 4) is 0 Å². The highest BCUT2D eigenvalue weighted by atomic mass is 16.5. The Morgan fingerprint density at radius 3 is 2.71 bits per heavy atom. The molecule has 2 N–H and O–H groups in total. The van der Waals surface area contributed by atoms with Gasteiger partial charge in [0.05, 0.1) is 5.92 Å². The molecule has 2 unspecified atom stereocenters. The Balaban J connectivity index is 1.79. The van der Waals surface area contributed by atoms with Crippen molar-refractivity contribution in [3.63, 3.8) is 0 Å². The number of carbonyl (C=O) groups excluding carboxylic acids is 1. The van der Waals surface area contributed by atoms with Gasteiger partial charge in [-0.05, 0) is 30.7 Å². The Morgan fingerprint density at radius 2 is 2.12 bits per heavy atom. The molecule has 0 aliphatic carbocycles. The lowest BCUT2D eigenvalue weighted by Crippen LogP contribution is -2.42. The standard InChI is InChI=1S/C13H24N2O2/c1-10-7-14-8-11(10)12(16)15-9-13(2)3-5-17-6-4-13/h10-11,14H,3-9H2,1-2H3,(H,15,16). The third-order valence-corrected chi connectivity index (χ3v) is 4.24. The molecule has 0 bridgehead atoms. The van der Waals surface area contributed by atoms with Crippen LogP contribution in [-0.2, 0) is 9.53 Å². The van der Waals surface area contributed by atoms with Gasteiger partial charge < -0.3 is 15.4 Å². The largest absolute Gasteiger partial charge is 0.381 e. The lowest BCUT2D eigenvalue weighted by atomic mass is 9.82. The van der Waals surface area contributed by atoms with Crippen LogP contribution in [0.3, 0.4) is 0 Å². The van der Waals surface area contributed by atoms with E-state index in [0.29, 0.717) is 5.92 Å². The number of amides is 1. The van der Waals surface area contributed by atoms with Crippen molar-refractivity contribution in [1.82, 2.24) is 10.6 Å². The number of rotatable bonds is 3. The highest BCUT2D eigenvalue weighted by Crippen LogP contribution is 2.29. The number of hydrogen-bond donors (Lipinski definition) is 2. The maximum atomic E-state index is 12.1. The second kappa shape index (κ2) is 5.36. The van der Waals surface area contributed by atoms with E-state index in [1.807, 2.05) is 0 Å². The molecular weight excluding hydrogens is 216 g/mol. The van der Waals surface area contributed by atoms with E-state index in [1.165, 1.54) is 0 Å². The lowest BCUT2D eigenvalue weighted by molar-refractivity contribution is -0.126. The fraction of sp³-hybridized carbons (Fsp3) is 0.923. The van der Waals surface area contributed by atoms with E-state index in [-0.39, 0.29) is 17.2 Å². The molecule has 2 heterocycles. The van der Waals surface area contributed by atoms with E-state index >= 15 is 0 Å². The first-order valence-electron chi connectivity index (χ1n) is 6.67. The summed E-state index contributed by atoms with van der Waals surface area (Å²) in [5.41, 5.74) is 0.225. The maximum Gasteiger partial charge on any atom is 0.224 e. The molecule has 0 aromatic heterocycles. The zero-order chi connectivity index (χ0) is 12.3. The lowest BCUT2D eigenvalue weighted by Gasteiger charge is -2.34. The van der Waals surface area contributed by atoms with Crippen LogP contribution in [0.2, 0.25) is 0 Å². The number of ether oxygens (including phenoxy) is 1.